The molecule has 0 bridgehead atoms. The lowest BCUT2D eigenvalue weighted by atomic mass is 10.3. The van der Waals surface area contributed by atoms with Crippen molar-refractivity contribution in [3.05, 3.63) is 33.8 Å². The molecular weight excluding hydrogens is 378 g/mol. The first kappa shape index (κ1) is 18.2. The van der Waals surface area contributed by atoms with Crippen LogP contribution in [0.25, 0.3) is 0 Å². The lowest BCUT2D eigenvalue weighted by Gasteiger charge is -2.06. The second-order valence-electron chi connectivity index (χ2n) is 5.45. The van der Waals surface area contributed by atoms with Crippen LogP contribution >= 0.6 is 15.9 Å². The summed E-state index contributed by atoms with van der Waals surface area (Å²) in [4.78, 5) is 22.5. The minimum absolute atomic E-state index is 0.0268. The largest absolute Gasteiger partial charge is 0.481 e. The maximum absolute atomic E-state index is 12.0. The molecule has 0 aliphatic rings. The van der Waals surface area contributed by atoms with Crippen LogP contribution in [-0.2, 0) is 17.9 Å². The second-order valence-corrected chi connectivity index (χ2v) is 6.25. The Hall–Kier alpha value is -2.16. The molecule has 0 aliphatic carbocycles. The molecule has 0 aliphatic heterocycles. The predicted octanol–water partition coefficient (Wildman–Crippen LogP) is 1.75. The summed E-state index contributed by atoms with van der Waals surface area (Å²) in [6, 6.07) is 0. The first-order valence-electron chi connectivity index (χ1n) is 7.60. The number of hydrogen-bond acceptors (Lipinski definition) is 4. The minimum atomic E-state index is -0.896. The van der Waals surface area contributed by atoms with Crippen molar-refractivity contribution >= 4 is 27.8 Å². The van der Waals surface area contributed by atoms with Crippen LogP contribution in [-0.4, -0.2) is 43.1 Å². The fourth-order valence-electron chi connectivity index (χ4n) is 2.24. The first-order valence-corrected chi connectivity index (χ1v) is 8.39. The molecule has 0 aromatic carbocycles. The highest BCUT2D eigenvalue weighted by molar-refractivity contribution is 9.10. The number of aliphatic carboxylic acids is 1. The normalized spacial score (nSPS) is 10.8. The number of carbonyl (C=O) groups excluding carboxylic acids is 1. The molecule has 0 saturated heterocycles. The van der Waals surface area contributed by atoms with Gasteiger partial charge in [-0.15, -0.1) is 0 Å². The van der Waals surface area contributed by atoms with Gasteiger partial charge in [-0.1, -0.05) is 0 Å². The Bertz CT molecular complexity index is 738. The number of carboxylic acids is 1. The van der Waals surface area contributed by atoms with E-state index in [0.717, 1.165) is 28.8 Å². The Morgan fingerprint density at radius 2 is 2.08 bits per heavy atom. The summed E-state index contributed by atoms with van der Waals surface area (Å²) in [5.41, 5.74) is 2.44. The number of carboxylic acid groups (broad SMARTS) is 1. The van der Waals surface area contributed by atoms with E-state index in [2.05, 4.69) is 31.4 Å². The van der Waals surface area contributed by atoms with E-state index in [1.165, 1.54) is 10.9 Å². The summed E-state index contributed by atoms with van der Waals surface area (Å²) >= 11 is 3.49. The van der Waals surface area contributed by atoms with E-state index < -0.39 is 5.97 Å². The van der Waals surface area contributed by atoms with E-state index >= 15 is 0 Å². The van der Waals surface area contributed by atoms with Crippen LogP contribution in [0.3, 0.4) is 0 Å². The van der Waals surface area contributed by atoms with Crippen molar-refractivity contribution in [2.75, 3.05) is 6.54 Å². The van der Waals surface area contributed by atoms with Gasteiger partial charge in [0, 0.05) is 25.0 Å². The van der Waals surface area contributed by atoms with E-state index in [1.807, 2.05) is 18.5 Å². The first-order chi connectivity index (χ1) is 11.4. The van der Waals surface area contributed by atoms with Crippen LogP contribution in [0.5, 0.6) is 0 Å². The van der Waals surface area contributed by atoms with Gasteiger partial charge in [0.15, 0.2) is 0 Å². The summed E-state index contributed by atoms with van der Waals surface area (Å²) < 4.78 is 4.38. The molecule has 0 atom stereocenters. The van der Waals surface area contributed by atoms with Gasteiger partial charge in [0.1, 0.15) is 0 Å². The molecule has 130 valence electrons. The number of halogens is 1. The van der Waals surface area contributed by atoms with Gasteiger partial charge in [-0.25, -0.2) is 0 Å². The molecule has 2 aromatic rings. The number of amides is 1. The quantitative estimate of drug-likeness (QED) is 0.660. The molecule has 0 unspecified atom stereocenters. The zero-order valence-electron chi connectivity index (χ0n) is 13.6. The van der Waals surface area contributed by atoms with Gasteiger partial charge in [0.2, 0.25) is 0 Å². The highest BCUT2D eigenvalue weighted by Gasteiger charge is 2.10. The predicted molar refractivity (Wildman–Crippen MR) is 90.8 cm³/mol. The monoisotopic (exact) mass is 397 g/mol. The van der Waals surface area contributed by atoms with E-state index in [1.54, 1.807) is 6.20 Å². The second kappa shape index (κ2) is 8.09. The Morgan fingerprint density at radius 3 is 2.71 bits per heavy atom. The van der Waals surface area contributed by atoms with Crippen LogP contribution in [0.2, 0.25) is 0 Å². The number of carbonyl (C=O) groups is 2. The highest BCUT2D eigenvalue weighted by atomic mass is 79.9. The molecule has 0 fully saturated rings. The van der Waals surface area contributed by atoms with E-state index in [4.69, 9.17) is 5.11 Å². The van der Waals surface area contributed by atoms with Crippen molar-refractivity contribution < 1.29 is 14.7 Å². The van der Waals surface area contributed by atoms with E-state index in [9.17, 15) is 9.59 Å². The third kappa shape index (κ3) is 4.67. The summed E-state index contributed by atoms with van der Waals surface area (Å²) in [6.07, 6.45) is 3.72. The fourth-order valence-corrected chi connectivity index (χ4v) is 2.52. The number of aryl methyl sites for hydroxylation is 3. The van der Waals surface area contributed by atoms with Gasteiger partial charge in [-0.3, -0.25) is 19.0 Å². The summed E-state index contributed by atoms with van der Waals surface area (Å²) in [7, 11) is 0. The van der Waals surface area contributed by atoms with Crippen molar-refractivity contribution in [2.24, 2.45) is 0 Å². The van der Waals surface area contributed by atoms with Crippen LogP contribution in [0.4, 0.5) is 0 Å². The summed E-state index contributed by atoms with van der Waals surface area (Å²) in [5, 5.41) is 19.9. The molecule has 24 heavy (non-hydrogen) atoms. The third-order valence-electron chi connectivity index (χ3n) is 3.58. The summed E-state index contributed by atoms with van der Waals surface area (Å²) in [5.74, 6) is -1.11. The van der Waals surface area contributed by atoms with Crippen molar-refractivity contribution in [3.8, 4) is 0 Å². The van der Waals surface area contributed by atoms with Gasteiger partial charge in [0.25, 0.3) is 5.91 Å². The zero-order valence-corrected chi connectivity index (χ0v) is 15.2. The van der Waals surface area contributed by atoms with Gasteiger partial charge >= 0.3 is 5.97 Å². The van der Waals surface area contributed by atoms with Crippen LogP contribution < -0.4 is 5.32 Å². The molecule has 0 spiro atoms. The molecular formula is C15H20BrN5O3. The van der Waals surface area contributed by atoms with Gasteiger partial charge in [-0.05, 0) is 36.2 Å². The number of aromatic nitrogens is 4. The number of nitrogens with zero attached hydrogens (tertiary/aromatic N) is 4. The van der Waals surface area contributed by atoms with Gasteiger partial charge < -0.3 is 10.4 Å². The molecule has 0 radical (unpaired) electrons. The SMILES string of the molecule is Cc1nn(CCCNC(=O)c2cnn(CCC(=O)O)c2)c(C)c1Br. The average Bonchev–Trinajstić information content (AvgIpc) is 3.11. The van der Waals surface area contributed by atoms with E-state index in [0.29, 0.717) is 12.1 Å². The fraction of sp³-hybridized carbons (Fsp3) is 0.467. The highest BCUT2D eigenvalue weighted by Crippen LogP contribution is 2.19. The van der Waals surface area contributed by atoms with Crippen molar-refractivity contribution in [2.45, 2.75) is 39.8 Å². The Balaban J connectivity index is 1.77. The molecule has 2 rings (SSSR count). The Morgan fingerprint density at radius 1 is 1.33 bits per heavy atom. The standard InChI is InChI=1S/C15H20BrN5O3/c1-10-14(16)11(2)21(19-10)6-3-5-17-15(24)12-8-18-20(9-12)7-4-13(22)23/h8-9H,3-7H2,1-2H3,(H,17,24)(H,22,23). The molecule has 2 aromatic heterocycles. The van der Waals surface area contributed by atoms with Gasteiger partial charge in [-0.2, -0.15) is 10.2 Å². The molecule has 9 heteroatoms. The number of rotatable bonds is 8. The van der Waals surface area contributed by atoms with Crippen LogP contribution in [0.15, 0.2) is 16.9 Å². The average molecular weight is 398 g/mol. The zero-order chi connectivity index (χ0) is 17.7. The molecule has 8 nitrogen and oxygen atoms in total. The maximum Gasteiger partial charge on any atom is 0.305 e. The lowest BCUT2D eigenvalue weighted by molar-refractivity contribution is -0.137. The van der Waals surface area contributed by atoms with Crippen molar-refractivity contribution in [1.82, 2.24) is 24.9 Å². The maximum atomic E-state index is 12.0. The lowest BCUT2D eigenvalue weighted by Crippen LogP contribution is -2.25. The van der Waals surface area contributed by atoms with E-state index in [-0.39, 0.29) is 18.9 Å². The minimum Gasteiger partial charge on any atom is -0.481 e. The topological polar surface area (TPSA) is 102 Å². The van der Waals surface area contributed by atoms with Crippen LogP contribution in [0.1, 0.15) is 34.6 Å². The van der Waals surface area contributed by atoms with Crippen LogP contribution in [0, 0.1) is 13.8 Å². The smallest absolute Gasteiger partial charge is 0.305 e. The third-order valence-corrected chi connectivity index (χ3v) is 4.72. The van der Waals surface area contributed by atoms with Gasteiger partial charge in [0.05, 0.1) is 34.9 Å². The Labute approximate surface area is 148 Å². The molecule has 0 saturated carbocycles. The summed E-state index contributed by atoms with van der Waals surface area (Å²) in [6.45, 7) is 5.42. The molecule has 1 amide bonds. The molecule has 2 heterocycles. The molecule has 2 N–H and O–H groups in total. The van der Waals surface area contributed by atoms with Crippen molar-refractivity contribution in [1.29, 1.82) is 0 Å². The number of hydrogen-bond donors (Lipinski definition) is 2. The number of nitrogens with one attached hydrogen (secondary N) is 1. The Kier molecular flexibility index (Phi) is 6.13. The van der Waals surface area contributed by atoms with Crippen molar-refractivity contribution in [3.63, 3.8) is 0 Å².